The molecular weight excluding hydrogens is 375 g/mol. The van der Waals surface area contributed by atoms with Gasteiger partial charge in [0.1, 0.15) is 11.6 Å². The van der Waals surface area contributed by atoms with Gasteiger partial charge in [-0.2, -0.15) is 4.57 Å². The van der Waals surface area contributed by atoms with Crippen molar-refractivity contribution in [2.45, 2.75) is 6.92 Å². The number of aromatic nitrogens is 1. The van der Waals surface area contributed by atoms with Gasteiger partial charge in [-0.1, -0.05) is 42.5 Å². The summed E-state index contributed by atoms with van der Waals surface area (Å²) in [5.74, 6) is -0.0848. The third-order valence-corrected chi connectivity index (χ3v) is 4.24. The van der Waals surface area contributed by atoms with Gasteiger partial charge in [0, 0.05) is 12.1 Å². The van der Waals surface area contributed by atoms with Crippen LogP contribution in [0.4, 0.5) is 10.1 Å². The van der Waals surface area contributed by atoms with E-state index in [0.717, 1.165) is 0 Å². The van der Waals surface area contributed by atoms with E-state index in [9.17, 15) is 9.50 Å². The molecule has 1 aromatic heterocycles. The lowest BCUT2D eigenvalue weighted by molar-refractivity contribution is -0.577. The van der Waals surface area contributed by atoms with Crippen LogP contribution in [0, 0.1) is 5.82 Å². The van der Waals surface area contributed by atoms with E-state index >= 15 is 0 Å². The quantitative estimate of drug-likeness (QED) is 0.300. The van der Waals surface area contributed by atoms with Crippen molar-refractivity contribution in [3.63, 3.8) is 0 Å². The van der Waals surface area contributed by atoms with Crippen LogP contribution in [0.5, 0.6) is 5.75 Å². The predicted octanol–water partition coefficient (Wildman–Crippen LogP) is 3.64. The fourth-order valence-corrected chi connectivity index (χ4v) is 2.96. The maximum absolute atomic E-state index is 13.3. The van der Waals surface area contributed by atoms with Crippen LogP contribution in [0.3, 0.4) is 0 Å². The molecule has 1 N–H and O–H groups in total. The zero-order valence-corrected chi connectivity index (χ0v) is 16.1. The number of hydrogen-bond donors (Lipinski definition) is 1. The number of ether oxygens (including phenoxy) is 1. The van der Waals surface area contributed by atoms with Gasteiger partial charge in [0.15, 0.2) is 17.4 Å². The minimum Gasteiger partial charge on any atom is -0.867 e. The molecule has 0 amide bonds. The monoisotopic (exact) mass is 394 g/mol. The van der Waals surface area contributed by atoms with Crippen molar-refractivity contribution < 1.29 is 18.8 Å². The predicted molar refractivity (Wildman–Crippen MR) is 110 cm³/mol. The maximum Gasteiger partial charge on any atom is 0.238 e. The maximum atomic E-state index is 13.3. The molecule has 0 saturated carbocycles. The third kappa shape index (κ3) is 4.53. The molecular formula is C22H19FN2O2S. The first-order valence-corrected chi connectivity index (χ1v) is 9.18. The minimum absolute atomic E-state index is 0.234. The van der Waals surface area contributed by atoms with E-state index in [-0.39, 0.29) is 16.4 Å². The van der Waals surface area contributed by atoms with E-state index < -0.39 is 5.82 Å². The molecule has 0 saturated heterocycles. The summed E-state index contributed by atoms with van der Waals surface area (Å²) in [6.45, 7) is 2.40. The fourth-order valence-electron chi connectivity index (χ4n) is 2.66. The topological polar surface area (TPSA) is 48.2 Å². The number of nitrogens with zero attached hydrogens (tertiary/aromatic N) is 1. The van der Waals surface area contributed by atoms with Crippen molar-refractivity contribution in [1.82, 2.24) is 0 Å². The fraction of sp³-hybridized carbons (Fsp3) is 0.0909. The zero-order chi connectivity index (χ0) is 19.9. The first-order valence-electron chi connectivity index (χ1n) is 8.77. The van der Waals surface area contributed by atoms with Crippen molar-refractivity contribution in [1.29, 1.82) is 0 Å². The molecule has 3 rings (SSSR count). The van der Waals surface area contributed by atoms with Crippen LogP contribution in [-0.2, 0) is 0 Å². The smallest absolute Gasteiger partial charge is 0.238 e. The van der Waals surface area contributed by atoms with Gasteiger partial charge in [-0.25, -0.2) is 4.39 Å². The normalized spacial score (nSPS) is 11.5. The Hall–Kier alpha value is -3.25. The van der Waals surface area contributed by atoms with Crippen molar-refractivity contribution in [3.05, 3.63) is 90.5 Å². The Morgan fingerprint density at radius 1 is 1.04 bits per heavy atom. The lowest BCUT2D eigenvalue weighted by atomic mass is 10.1. The van der Waals surface area contributed by atoms with Crippen LogP contribution >= 0.6 is 12.2 Å². The van der Waals surface area contributed by atoms with Crippen molar-refractivity contribution in [2.75, 3.05) is 11.9 Å². The summed E-state index contributed by atoms with van der Waals surface area (Å²) in [5, 5.41) is 16.3. The van der Waals surface area contributed by atoms with Crippen LogP contribution in [0.2, 0.25) is 0 Å². The molecule has 0 aliphatic carbocycles. The second-order valence-electron chi connectivity index (χ2n) is 5.85. The van der Waals surface area contributed by atoms with Gasteiger partial charge in [-0.15, -0.1) is 0 Å². The summed E-state index contributed by atoms with van der Waals surface area (Å²) in [7, 11) is 0. The van der Waals surface area contributed by atoms with Crippen molar-refractivity contribution >= 4 is 34.3 Å². The molecule has 0 aliphatic heterocycles. The first-order chi connectivity index (χ1) is 13.6. The van der Waals surface area contributed by atoms with Gasteiger partial charge in [0.25, 0.3) is 0 Å². The molecule has 3 aromatic rings. The molecule has 0 unspecified atom stereocenters. The van der Waals surface area contributed by atoms with Gasteiger partial charge in [0.2, 0.25) is 5.70 Å². The molecule has 2 aromatic carbocycles. The highest BCUT2D eigenvalue weighted by Gasteiger charge is 2.19. The summed E-state index contributed by atoms with van der Waals surface area (Å²) in [6.07, 6.45) is 3.47. The second kappa shape index (κ2) is 9.10. The summed E-state index contributed by atoms with van der Waals surface area (Å²) in [6, 6.07) is 18.2. The number of anilines is 1. The van der Waals surface area contributed by atoms with Crippen molar-refractivity contribution in [3.8, 4) is 5.75 Å². The van der Waals surface area contributed by atoms with E-state index in [4.69, 9.17) is 17.0 Å². The van der Waals surface area contributed by atoms with Crippen LogP contribution in [-0.4, -0.2) is 11.6 Å². The van der Waals surface area contributed by atoms with Gasteiger partial charge in [-0.3, -0.25) is 0 Å². The van der Waals surface area contributed by atoms with Gasteiger partial charge in [-0.05, 0) is 42.5 Å². The molecule has 142 valence electrons. The highest BCUT2D eigenvalue weighted by atomic mass is 32.1. The number of nitrogens with one attached hydrogen (secondary N) is 1. The molecule has 4 nitrogen and oxygen atoms in total. The van der Waals surface area contributed by atoms with Crippen LogP contribution in [0.1, 0.15) is 12.5 Å². The molecule has 0 bridgehead atoms. The largest absolute Gasteiger partial charge is 0.867 e. The third-order valence-electron chi connectivity index (χ3n) is 3.95. The molecule has 28 heavy (non-hydrogen) atoms. The van der Waals surface area contributed by atoms with Gasteiger partial charge >= 0.3 is 0 Å². The van der Waals surface area contributed by atoms with Gasteiger partial charge in [0.05, 0.1) is 12.3 Å². The molecule has 6 heteroatoms. The minimum atomic E-state index is -0.406. The number of para-hydroxylation sites is 2. The SMILES string of the molecule is CCOc1ccccc1NC(=S)C(=C([O-])c1ccc(F)cc1)[n+]1ccccc1. The Kier molecular flexibility index (Phi) is 6.34. The summed E-state index contributed by atoms with van der Waals surface area (Å²) in [5.41, 5.74) is 1.26. The highest BCUT2D eigenvalue weighted by molar-refractivity contribution is 7.81. The second-order valence-corrected chi connectivity index (χ2v) is 6.26. The lowest BCUT2D eigenvalue weighted by Gasteiger charge is -2.18. The van der Waals surface area contributed by atoms with Crippen LogP contribution in [0.15, 0.2) is 79.1 Å². The number of rotatable bonds is 6. The number of halogens is 1. The molecule has 0 aliphatic rings. The average molecular weight is 394 g/mol. The summed E-state index contributed by atoms with van der Waals surface area (Å²) in [4.78, 5) is 0.234. The standard InChI is InChI=1S/C22H19FN2O2S/c1-2-27-19-9-5-4-8-18(19)24-22(28)20(25-14-6-3-7-15-25)21(26)16-10-12-17(23)13-11-16/h3-15H,2H2,1H3,(H-,24,26,28). The Labute approximate surface area is 168 Å². The molecule has 0 spiro atoms. The molecule has 0 atom stereocenters. The Balaban J connectivity index is 2.04. The molecule has 0 fully saturated rings. The number of hydrogen-bond acceptors (Lipinski definition) is 3. The van der Waals surface area contributed by atoms with Crippen LogP contribution < -0.4 is 19.7 Å². The van der Waals surface area contributed by atoms with Gasteiger partial charge < -0.3 is 15.2 Å². The molecule has 1 heterocycles. The van der Waals surface area contributed by atoms with E-state index in [1.54, 1.807) is 29.1 Å². The van der Waals surface area contributed by atoms with E-state index in [2.05, 4.69) is 5.32 Å². The van der Waals surface area contributed by atoms with E-state index in [0.29, 0.717) is 23.6 Å². The Bertz CT molecular complexity index is 989. The average Bonchev–Trinajstić information content (AvgIpc) is 2.71. The Morgan fingerprint density at radius 2 is 1.71 bits per heavy atom. The van der Waals surface area contributed by atoms with Crippen LogP contribution in [0.25, 0.3) is 11.5 Å². The zero-order valence-electron chi connectivity index (χ0n) is 15.3. The van der Waals surface area contributed by atoms with E-state index in [1.807, 2.05) is 37.3 Å². The first kappa shape index (κ1) is 19.5. The summed E-state index contributed by atoms with van der Waals surface area (Å²) < 4.78 is 20.5. The number of pyridine rings is 1. The Morgan fingerprint density at radius 3 is 2.39 bits per heavy atom. The number of benzene rings is 2. The highest BCUT2D eigenvalue weighted by Crippen LogP contribution is 2.25. The molecule has 0 radical (unpaired) electrons. The number of thiocarbonyl (C=S) groups is 1. The van der Waals surface area contributed by atoms with E-state index in [1.165, 1.54) is 24.3 Å². The van der Waals surface area contributed by atoms with Crippen molar-refractivity contribution in [2.24, 2.45) is 0 Å². The summed E-state index contributed by atoms with van der Waals surface area (Å²) >= 11 is 5.57. The lowest BCUT2D eigenvalue weighted by Crippen LogP contribution is -2.39.